The largest absolute Gasteiger partial charge is 0.382 e. The number of nitrogens with one attached hydrogen (secondary N) is 3. The number of halogens is 3. The van der Waals surface area contributed by atoms with Crippen LogP contribution in [0.1, 0.15) is 17.3 Å². The molecule has 0 spiro atoms. The second-order valence-corrected chi connectivity index (χ2v) is 8.55. The molecule has 3 rings (SSSR count). The first-order valence-corrected chi connectivity index (χ1v) is 11.9. The van der Waals surface area contributed by atoms with Crippen molar-refractivity contribution in [2.24, 2.45) is 0 Å². The summed E-state index contributed by atoms with van der Waals surface area (Å²) in [6.45, 7) is 3.94. The molecule has 0 aliphatic heterocycles. The van der Waals surface area contributed by atoms with Crippen molar-refractivity contribution in [3.8, 4) is 0 Å². The second-order valence-electron chi connectivity index (χ2n) is 6.48. The SMILES string of the molecule is CCNCCNc1cc(Cl)ccc1NC(=O)c1cc(F)c(N(c2ncns2)[SH](=O)=O)cc1F. The number of anilines is 4. The van der Waals surface area contributed by atoms with E-state index in [1.807, 2.05) is 6.92 Å². The molecule has 0 aliphatic carbocycles. The van der Waals surface area contributed by atoms with Crippen molar-refractivity contribution in [2.75, 3.05) is 34.6 Å². The minimum atomic E-state index is -3.39. The van der Waals surface area contributed by atoms with Crippen molar-refractivity contribution >= 4 is 62.1 Å². The molecule has 2 aromatic carbocycles. The third kappa shape index (κ3) is 6.13. The maximum absolute atomic E-state index is 14.8. The molecule has 14 heteroatoms. The molecule has 1 heterocycles. The summed E-state index contributed by atoms with van der Waals surface area (Å²) >= 11 is 6.71. The monoisotopic (exact) mass is 516 g/mol. The quantitative estimate of drug-likeness (QED) is 0.241. The van der Waals surface area contributed by atoms with Crippen LogP contribution in [0.3, 0.4) is 0 Å². The lowest BCUT2D eigenvalue weighted by molar-refractivity contribution is 0.102. The second kappa shape index (κ2) is 11.3. The van der Waals surface area contributed by atoms with Gasteiger partial charge >= 0.3 is 0 Å². The number of amides is 1. The van der Waals surface area contributed by atoms with Crippen molar-refractivity contribution in [1.82, 2.24) is 14.7 Å². The Labute approximate surface area is 199 Å². The van der Waals surface area contributed by atoms with E-state index in [0.29, 0.717) is 57.5 Å². The van der Waals surface area contributed by atoms with E-state index in [-0.39, 0.29) is 5.13 Å². The van der Waals surface area contributed by atoms with Crippen molar-refractivity contribution in [2.45, 2.75) is 6.92 Å². The van der Waals surface area contributed by atoms with E-state index in [0.717, 1.165) is 12.9 Å². The summed E-state index contributed by atoms with van der Waals surface area (Å²) in [6, 6.07) is 5.90. The van der Waals surface area contributed by atoms with Crippen LogP contribution in [0.5, 0.6) is 0 Å². The maximum atomic E-state index is 14.8. The van der Waals surface area contributed by atoms with Crippen LogP contribution in [0, 0.1) is 11.6 Å². The Morgan fingerprint density at radius 1 is 1.15 bits per heavy atom. The molecule has 0 saturated carbocycles. The van der Waals surface area contributed by atoms with E-state index in [2.05, 4.69) is 25.3 Å². The lowest BCUT2D eigenvalue weighted by Crippen LogP contribution is -2.22. The Bertz CT molecular complexity index is 1200. The number of nitrogens with zero attached hydrogens (tertiary/aromatic N) is 3. The minimum Gasteiger partial charge on any atom is -0.382 e. The Morgan fingerprint density at radius 2 is 1.94 bits per heavy atom. The highest BCUT2D eigenvalue weighted by atomic mass is 35.5. The van der Waals surface area contributed by atoms with Gasteiger partial charge in [0.15, 0.2) is 0 Å². The topological polar surface area (TPSA) is 116 Å². The number of aromatic nitrogens is 2. The molecule has 0 bridgehead atoms. The molecule has 9 nitrogen and oxygen atoms in total. The highest BCUT2D eigenvalue weighted by Crippen LogP contribution is 2.31. The van der Waals surface area contributed by atoms with Crippen molar-refractivity contribution in [3.63, 3.8) is 0 Å². The number of carbonyl (C=O) groups is 1. The molecular formula is C19H19ClF2N6O3S2. The molecule has 0 radical (unpaired) electrons. The highest BCUT2D eigenvalue weighted by Gasteiger charge is 2.24. The first-order valence-electron chi connectivity index (χ1n) is 9.57. The van der Waals surface area contributed by atoms with E-state index in [1.54, 1.807) is 6.07 Å². The van der Waals surface area contributed by atoms with E-state index >= 15 is 0 Å². The summed E-state index contributed by atoms with van der Waals surface area (Å²) in [6.07, 6.45) is 1.08. The van der Waals surface area contributed by atoms with Crippen LogP contribution in [0.2, 0.25) is 5.02 Å². The number of likely N-dealkylation sites (N-methyl/N-ethyl adjacent to an activating group) is 1. The van der Waals surface area contributed by atoms with Gasteiger partial charge in [-0.2, -0.15) is 4.37 Å². The van der Waals surface area contributed by atoms with Crippen LogP contribution < -0.4 is 20.3 Å². The van der Waals surface area contributed by atoms with Gasteiger partial charge in [0.2, 0.25) is 16.0 Å². The minimum absolute atomic E-state index is 0.170. The van der Waals surface area contributed by atoms with E-state index in [4.69, 9.17) is 11.6 Å². The third-order valence-electron chi connectivity index (χ3n) is 4.30. The summed E-state index contributed by atoms with van der Waals surface area (Å²) in [5.41, 5.74) is -0.419. The summed E-state index contributed by atoms with van der Waals surface area (Å²) in [5, 5.41) is 9.02. The molecule has 0 unspecified atom stereocenters. The fourth-order valence-electron chi connectivity index (χ4n) is 2.82. The normalized spacial score (nSPS) is 10.9. The number of carbonyl (C=O) groups excluding carboxylic acids is 1. The van der Waals surface area contributed by atoms with Gasteiger partial charge in [0.05, 0.1) is 22.6 Å². The van der Waals surface area contributed by atoms with Crippen molar-refractivity contribution < 1.29 is 22.0 Å². The van der Waals surface area contributed by atoms with Gasteiger partial charge in [0.1, 0.15) is 18.0 Å². The Balaban J connectivity index is 1.86. The van der Waals surface area contributed by atoms with Crippen LogP contribution in [-0.2, 0) is 10.9 Å². The average molecular weight is 517 g/mol. The number of rotatable bonds is 10. The van der Waals surface area contributed by atoms with Gasteiger partial charge in [-0.15, -0.1) is 0 Å². The van der Waals surface area contributed by atoms with Crippen LogP contribution in [0.4, 0.5) is 31.0 Å². The number of benzene rings is 2. The lowest BCUT2D eigenvalue weighted by atomic mass is 10.1. The maximum Gasteiger partial charge on any atom is 0.258 e. The number of hydrogen-bond acceptors (Lipinski definition) is 8. The number of hydrogen-bond donors (Lipinski definition) is 4. The zero-order valence-electron chi connectivity index (χ0n) is 17.1. The van der Waals surface area contributed by atoms with Gasteiger partial charge in [-0.1, -0.05) is 18.5 Å². The van der Waals surface area contributed by atoms with Gasteiger partial charge in [0.25, 0.3) is 5.91 Å². The van der Waals surface area contributed by atoms with E-state index in [1.165, 1.54) is 12.1 Å². The molecule has 176 valence electrons. The zero-order valence-corrected chi connectivity index (χ0v) is 19.6. The fourth-order valence-corrected chi connectivity index (χ4v) is 4.28. The van der Waals surface area contributed by atoms with Crippen LogP contribution in [0.25, 0.3) is 0 Å². The van der Waals surface area contributed by atoms with Crippen LogP contribution in [0.15, 0.2) is 36.7 Å². The van der Waals surface area contributed by atoms with Gasteiger partial charge in [0, 0.05) is 35.7 Å². The standard InChI is InChI=1S/C19H19ClF2N6O3S2/c1-2-23-5-6-24-16-7-11(20)3-4-15(16)27-18(29)12-8-14(22)17(9-13(12)21)28(33(30)31)19-25-10-26-32-19/h3-4,7-10,23-24,33H,2,5-6H2,1H3,(H,27,29). The highest BCUT2D eigenvalue weighted by molar-refractivity contribution is 7.74. The molecule has 33 heavy (non-hydrogen) atoms. The summed E-state index contributed by atoms with van der Waals surface area (Å²) in [4.78, 5) is 16.4. The van der Waals surface area contributed by atoms with Gasteiger partial charge in [-0.3, -0.25) is 4.79 Å². The molecule has 3 aromatic rings. The summed E-state index contributed by atoms with van der Waals surface area (Å²) in [5.74, 6) is -3.18. The van der Waals surface area contributed by atoms with Gasteiger partial charge < -0.3 is 16.0 Å². The number of thiol groups is 1. The Hall–Kier alpha value is -2.87. The molecule has 0 fully saturated rings. The summed E-state index contributed by atoms with van der Waals surface area (Å²) < 4.78 is 56.9. The van der Waals surface area contributed by atoms with Crippen LogP contribution >= 0.6 is 23.1 Å². The third-order valence-corrected chi connectivity index (χ3v) is 6.05. The first-order chi connectivity index (χ1) is 15.8. The smallest absolute Gasteiger partial charge is 0.258 e. The van der Waals surface area contributed by atoms with E-state index < -0.39 is 39.7 Å². The first kappa shape index (κ1) is 24.8. The zero-order chi connectivity index (χ0) is 24.0. The predicted octanol–water partition coefficient (Wildman–Crippen LogP) is 3.41. The predicted molar refractivity (Wildman–Crippen MR) is 125 cm³/mol. The Morgan fingerprint density at radius 3 is 2.61 bits per heavy atom. The van der Waals surface area contributed by atoms with Gasteiger partial charge in [-0.05, 0) is 30.8 Å². The molecule has 0 aliphatic rings. The molecular weight excluding hydrogens is 498 g/mol. The average Bonchev–Trinajstić information content (AvgIpc) is 3.29. The van der Waals surface area contributed by atoms with Crippen molar-refractivity contribution in [1.29, 1.82) is 0 Å². The van der Waals surface area contributed by atoms with Crippen LogP contribution in [-0.4, -0.2) is 43.3 Å². The molecule has 0 atom stereocenters. The Kier molecular flexibility index (Phi) is 8.49. The van der Waals surface area contributed by atoms with Crippen molar-refractivity contribution in [3.05, 3.63) is 58.9 Å². The molecule has 1 aromatic heterocycles. The van der Waals surface area contributed by atoms with E-state index in [9.17, 15) is 22.0 Å². The summed E-state index contributed by atoms with van der Waals surface area (Å²) in [7, 11) is -3.39. The molecule has 3 N–H and O–H groups in total. The lowest BCUT2D eigenvalue weighted by Gasteiger charge is -2.17. The molecule has 0 saturated heterocycles. The fraction of sp³-hybridized carbons (Fsp3) is 0.211. The van der Waals surface area contributed by atoms with Gasteiger partial charge in [-0.25, -0.2) is 26.5 Å². The molecule has 1 amide bonds.